The van der Waals surface area contributed by atoms with Gasteiger partial charge in [-0.1, -0.05) is 11.8 Å². The number of pyridine rings is 1. The van der Waals surface area contributed by atoms with Crippen LogP contribution in [-0.2, 0) is 0 Å². The third-order valence-corrected chi connectivity index (χ3v) is 1.66. The predicted octanol–water partition coefficient (Wildman–Crippen LogP) is -0.0819. The van der Waals surface area contributed by atoms with Crippen LogP contribution in [0.3, 0.4) is 0 Å². The predicted molar refractivity (Wildman–Crippen MR) is 56.9 cm³/mol. The summed E-state index contributed by atoms with van der Waals surface area (Å²) in [4.78, 5) is 13.4. The molecule has 74 valence electrons. The topological polar surface area (TPSA) is 70.9 Å². The smallest absolute Gasteiger partial charge is 0.271 e. The van der Waals surface area contributed by atoms with Crippen molar-refractivity contribution < 1.29 is 0 Å². The quantitative estimate of drug-likeness (QED) is 0.452. The highest BCUT2D eigenvalue weighted by Gasteiger charge is 1.93. The maximum atomic E-state index is 10.9. The minimum absolute atomic E-state index is 0.199. The second kappa shape index (κ2) is 5.10. The monoisotopic (exact) mass is 191 g/mol. The molecule has 0 saturated heterocycles. The van der Waals surface area contributed by atoms with Crippen LogP contribution < -0.4 is 16.6 Å². The minimum Gasteiger partial charge on any atom is -0.394 e. The van der Waals surface area contributed by atoms with Gasteiger partial charge in [0.15, 0.2) is 0 Å². The van der Waals surface area contributed by atoms with Gasteiger partial charge in [0, 0.05) is 24.7 Å². The first-order valence-electron chi connectivity index (χ1n) is 4.35. The molecule has 0 amide bonds. The fourth-order valence-corrected chi connectivity index (χ4v) is 0.926. The van der Waals surface area contributed by atoms with Gasteiger partial charge in [0.25, 0.3) is 5.56 Å². The molecule has 0 saturated carbocycles. The Labute approximate surface area is 82.5 Å². The van der Waals surface area contributed by atoms with Crippen molar-refractivity contribution in [2.75, 3.05) is 19.3 Å². The molecule has 0 unspecified atom stereocenters. The first-order valence-corrected chi connectivity index (χ1v) is 4.35. The van der Waals surface area contributed by atoms with Crippen LogP contribution in [0.15, 0.2) is 17.1 Å². The maximum Gasteiger partial charge on any atom is 0.271 e. The largest absolute Gasteiger partial charge is 0.394 e. The van der Waals surface area contributed by atoms with Gasteiger partial charge in [0.1, 0.15) is 0 Å². The normalized spacial score (nSPS) is 9.21. The lowest BCUT2D eigenvalue weighted by Gasteiger charge is -1.92. The molecule has 1 aromatic heterocycles. The molecule has 0 atom stereocenters. The Hall–Kier alpha value is -1.73. The number of aromatic nitrogens is 1. The van der Waals surface area contributed by atoms with Crippen LogP contribution >= 0.6 is 0 Å². The van der Waals surface area contributed by atoms with Crippen molar-refractivity contribution in [1.29, 1.82) is 0 Å². The zero-order valence-corrected chi connectivity index (χ0v) is 8.05. The highest BCUT2D eigenvalue weighted by molar-refractivity contribution is 5.43. The van der Waals surface area contributed by atoms with E-state index in [9.17, 15) is 4.79 Å². The molecule has 4 N–H and O–H groups in total. The van der Waals surface area contributed by atoms with Gasteiger partial charge in [0.2, 0.25) is 0 Å². The summed E-state index contributed by atoms with van der Waals surface area (Å²) in [5, 5.41) is 2.99. The summed E-state index contributed by atoms with van der Waals surface area (Å²) < 4.78 is 0. The molecule has 1 heterocycles. The molecular formula is C10H13N3O. The molecule has 0 fully saturated rings. The number of nitrogens with two attached hydrogens (primary N) is 1. The van der Waals surface area contributed by atoms with Gasteiger partial charge < -0.3 is 16.0 Å². The summed E-state index contributed by atoms with van der Waals surface area (Å²) in [5.41, 5.74) is 6.09. The molecule has 0 radical (unpaired) electrons. The number of nitrogen functional groups attached to an aromatic ring is 1. The molecule has 0 bridgehead atoms. The SMILES string of the molecule is CNCCC#Cc1c[nH]c(=O)c(N)c1. The minimum atomic E-state index is -0.272. The zero-order valence-electron chi connectivity index (χ0n) is 8.05. The van der Waals surface area contributed by atoms with Crippen LogP contribution in [0.25, 0.3) is 0 Å². The molecule has 0 spiro atoms. The average Bonchev–Trinajstić information content (AvgIpc) is 2.18. The van der Waals surface area contributed by atoms with E-state index >= 15 is 0 Å². The molecule has 4 heteroatoms. The summed E-state index contributed by atoms with van der Waals surface area (Å²) in [5.74, 6) is 5.87. The van der Waals surface area contributed by atoms with Crippen LogP contribution in [0.5, 0.6) is 0 Å². The van der Waals surface area contributed by atoms with E-state index in [-0.39, 0.29) is 11.2 Å². The van der Waals surface area contributed by atoms with E-state index in [4.69, 9.17) is 5.73 Å². The van der Waals surface area contributed by atoms with Crippen LogP contribution in [0.4, 0.5) is 5.69 Å². The van der Waals surface area contributed by atoms with Crippen molar-refractivity contribution in [3.05, 3.63) is 28.2 Å². The van der Waals surface area contributed by atoms with Crippen molar-refractivity contribution in [2.24, 2.45) is 0 Å². The number of hydrogen-bond acceptors (Lipinski definition) is 3. The van der Waals surface area contributed by atoms with Crippen LogP contribution in [0.1, 0.15) is 12.0 Å². The van der Waals surface area contributed by atoms with Gasteiger partial charge in [-0.2, -0.15) is 0 Å². The van der Waals surface area contributed by atoms with Crippen molar-refractivity contribution in [3.8, 4) is 11.8 Å². The van der Waals surface area contributed by atoms with E-state index < -0.39 is 0 Å². The first kappa shape index (κ1) is 10.4. The lowest BCUT2D eigenvalue weighted by molar-refractivity contribution is 0.818. The number of anilines is 1. The lowest BCUT2D eigenvalue weighted by atomic mass is 10.2. The molecule has 0 aliphatic rings. The van der Waals surface area contributed by atoms with Crippen LogP contribution in [-0.4, -0.2) is 18.6 Å². The van der Waals surface area contributed by atoms with Crippen molar-refractivity contribution >= 4 is 5.69 Å². The number of aromatic amines is 1. The molecule has 1 rings (SSSR count). The standard InChI is InChI=1S/C10H13N3O/c1-12-5-3-2-4-8-6-9(11)10(14)13-7-8/h6-7,12H,3,5,11H2,1H3,(H,13,14). The lowest BCUT2D eigenvalue weighted by Crippen LogP contribution is -2.10. The van der Waals surface area contributed by atoms with Crippen molar-refractivity contribution in [2.45, 2.75) is 6.42 Å². The van der Waals surface area contributed by atoms with Gasteiger partial charge >= 0.3 is 0 Å². The van der Waals surface area contributed by atoms with Gasteiger partial charge in [-0.15, -0.1) is 0 Å². The van der Waals surface area contributed by atoms with Crippen molar-refractivity contribution in [3.63, 3.8) is 0 Å². The highest BCUT2D eigenvalue weighted by Crippen LogP contribution is 1.96. The second-order valence-corrected chi connectivity index (χ2v) is 2.83. The van der Waals surface area contributed by atoms with Crippen LogP contribution in [0, 0.1) is 11.8 Å². The van der Waals surface area contributed by atoms with E-state index in [0.717, 1.165) is 18.5 Å². The third-order valence-electron chi connectivity index (χ3n) is 1.66. The van der Waals surface area contributed by atoms with Gasteiger partial charge in [0.05, 0.1) is 5.69 Å². The first-order chi connectivity index (χ1) is 6.74. The fourth-order valence-electron chi connectivity index (χ4n) is 0.926. The molecule has 0 aliphatic heterocycles. The Morgan fingerprint density at radius 2 is 2.43 bits per heavy atom. The highest BCUT2D eigenvalue weighted by atomic mass is 16.1. The molecule has 0 aliphatic carbocycles. The fraction of sp³-hybridized carbons (Fsp3) is 0.300. The Morgan fingerprint density at radius 1 is 1.64 bits per heavy atom. The van der Waals surface area contributed by atoms with E-state index in [1.54, 1.807) is 12.3 Å². The number of hydrogen-bond donors (Lipinski definition) is 3. The summed E-state index contributed by atoms with van der Waals surface area (Å²) in [6.45, 7) is 0.853. The summed E-state index contributed by atoms with van der Waals surface area (Å²) in [6, 6.07) is 1.57. The summed E-state index contributed by atoms with van der Waals surface area (Å²) in [6.07, 6.45) is 2.33. The summed E-state index contributed by atoms with van der Waals surface area (Å²) >= 11 is 0. The van der Waals surface area contributed by atoms with E-state index in [2.05, 4.69) is 22.1 Å². The summed E-state index contributed by atoms with van der Waals surface area (Å²) in [7, 11) is 1.87. The van der Waals surface area contributed by atoms with Gasteiger partial charge in [-0.3, -0.25) is 4.79 Å². The Kier molecular flexibility index (Phi) is 3.77. The molecule has 14 heavy (non-hydrogen) atoms. The van der Waals surface area contributed by atoms with Crippen molar-refractivity contribution in [1.82, 2.24) is 10.3 Å². The zero-order chi connectivity index (χ0) is 10.4. The third kappa shape index (κ3) is 2.96. The number of nitrogens with one attached hydrogen (secondary N) is 2. The molecule has 1 aromatic rings. The maximum absolute atomic E-state index is 10.9. The molecule has 4 nitrogen and oxygen atoms in total. The number of rotatable bonds is 2. The van der Waals surface area contributed by atoms with E-state index in [1.165, 1.54) is 0 Å². The Balaban J connectivity index is 2.71. The molecule has 0 aromatic carbocycles. The Morgan fingerprint density at radius 3 is 3.07 bits per heavy atom. The van der Waals surface area contributed by atoms with Crippen LogP contribution in [0.2, 0.25) is 0 Å². The van der Waals surface area contributed by atoms with Gasteiger partial charge in [-0.05, 0) is 13.1 Å². The van der Waals surface area contributed by atoms with Gasteiger partial charge in [-0.25, -0.2) is 0 Å². The Bertz CT molecular complexity index is 411. The average molecular weight is 191 g/mol. The van der Waals surface area contributed by atoms with E-state index in [0.29, 0.717) is 0 Å². The number of H-pyrrole nitrogens is 1. The molecular weight excluding hydrogens is 178 g/mol. The van der Waals surface area contributed by atoms with E-state index in [1.807, 2.05) is 7.05 Å². The second-order valence-electron chi connectivity index (χ2n) is 2.83.